The molecule has 0 radical (unpaired) electrons. The molecule has 37 heavy (non-hydrogen) atoms. The molecule has 0 unspecified atom stereocenters. The normalized spacial score (nSPS) is 21.1. The smallest absolute Gasteiger partial charge is 0.421 e. The van der Waals surface area contributed by atoms with E-state index in [1.807, 2.05) is 12.1 Å². The number of nitrogens with zero attached hydrogens (tertiary/aromatic N) is 5. The molecule has 0 atom stereocenters. The number of hydrogen-bond donors (Lipinski definition) is 3. The first-order chi connectivity index (χ1) is 17.4. The Kier molecular flexibility index (Phi) is 6.06. The van der Waals surface area contributed by atoms with Crippen LogP contribution in [-0.4, -0.2) is 54.4 Å². The van der Waals surface area contributed by atoms with Crippen LogP contribution in [0.5, 0.6) is 0 Å². The maximum Gasteiger partial charge on any atom is 0.421 e. The van der Waals surface area contributed by atoms with E-state index in [2.05, 4.69) is 25.7 Å². The number of rotatable bonds is 4. The number of imide groups is 1. The first-order valence-corrected chi connectivity index (χ1v) is 12.6. The number of aromatic nitrogens is 4. The van der Waals surface area contributed by atoms with Crippen LogP contribution in [0, 0.1) is 0 Å². The topological polar surface area (TPSA) is 134 Å². The van der Waals surface area contributed by atoms with Crippen molar-refractivity contribution in [3.63, 3.8) is 0 Å². The monoisotopic (exact) mass is 507 g/mol. The third kappa shape index (κ3) is 4.83. The Morgan fingerprint density at radius 2 is 1.89 bits per heavy atom. The van der Waals surface area contributed by atoms with E-state index < -0.39 is 17.1 Å². The van der Waals surface area contributed by atoms with Gasteiger partial charge in [0.2, 0.25) is 17.8 Å². The Labute approximate surface area is 215 Å². The number of nitrogens with one attached hydrogen (secondary N) is 2. The zero-order chi connectivity index (χ0) is 26.5. The average molecular weight is 508 g/mol. The van der Waals surface area contributed by atoms with Gasteiger partial charge in [-0.2, -0.15) is 9.50 Å². The van der Waals surface area contributed by atoms with E-state index in [1.54, 1.807) is 57.5 Å². The molecule has 1 aromatic carbocycles. The zero-order valence-corrected chi connectivity index (χ0v) is 21.8. The number of anilines is 4. The van der Waals surface area contributed by atoms with Gasteiger partial charge in [0.05, 0.1) is 17.2 Å². The standard InChI is InChI=1S/C26H33N7O4/c1-25(2,3)37-24(36)32-19-14-16(8-11-18(19)26(4,5)21(32)35)28-22-30-20-12-13-27-23(33(20)31-22)29-15-6-9-17(34)10-7-15/h8,11-15,17,34H,6-7,9-10H2,1-5H3,(H,27,29)(H,28,31). The van der Waals surface area contributed by atoms with Crippen molar-refractivity contribution in [1.82, 2.24) is 19.6 Å². The summed E-state index contributed by atoms with van der Waals surface area (Å²) in [5, 5.41) is 21.0. The highest BCUT2D eigenvalue weighted by Gasteiger charge is 2.48. The van der Waals surface area contributed by atoms with Crippen LogP contribution in [0.1, 0.15) is 65.9 Å². The number of benzene rings is 1. The molecule has 3 aromatic rings. The Hall–Kier alpha value is -3.73. The third-order valence-corrected chi connectivity index (χ3v) is 6.77. The number of aliphatic hydroxyl groups excluding tert-OH is 1. The molecule has 1 aliphatic carbocycles. The van der Waals surface area contributed by atoms with Gasteiger partial charge in [-0.3, -0.25) is 4.79 Å². The second-order valence-corrected chi connectivity index (χ2v) is 11.2. The van der Waals surface area contributed by atoms with Gasteiger partial charge in [-0.25, -0.2) is 14.7 Å². The lowest BCUT2D eigenvalue weighted by Crippen LogP contribution is -2.43. The second-order valence-electron chi connectivity index (χ2n) is 11.2. The molecule has 5 rings (SSSR count). The summed E-state index contributed by atoms with van der Waals surface area (Å²) >= 11 is 0. The van der Waals surface area contributed by atoms with E-state index in [-0.39, 0.29) is 18.1 Å². The molecule has 3 N–H and O–H groups in total. The molecule has 11 nitrogen and oxygen atoms in total. The van der Waals surface area contributed by atoms with E-state index >= 15 is 0 Å². The fraction of sp³-hybridized carbons (Fsp3) is 0.500. The highest BCUT2D eigenvalue weighted by molar-refractivity contribution is 6.21. The SMILES string of the molecule is CC(C)(C)OC(=O)N1C(=O)C(C)(C)c2ccc(Nc3nc4ccnc(NC5CCC(O)CC5)n4n3)cc21. The van der Waals surface area contributed by atoms with Crippen molar-refractivity contribution >= 4 is 40.9 Å². The predicted molar refractivity (Wildman–Crippen MR) is 139 cm³/mol. The molecule has 11 heteroatoms. The quantitative estimate of drug-likeness (QED) is 0.476. The summed E-state index contributed by atoms with van der Waals surface area (Å²) in [6, 6.07) is 7.38. The minimum absolute atomic E-state index is 0.207. The molecule has 2 aliphatic rings. The van der Waals surface area contributed by atoms with Gasteiger partial charge in [0.1, 0.15) is 5.60 Å². The van der Waals surface area contributed by atoms with Gasteiger partial charge in [-0.1, -0.05) is 6.07 Å². The van der Waals surface area contributed by atoms with Gasteiger partial charge in [0.25, 0.3) is 0 Å². The van der Waals surface area contributed by atoms with Crippen LogP contribution in [0.2, 0.25) is 0 Å². The van der Waals surface area contributed by atoms with Crippen LogP contribution >= 0.6 is 0 Å². The molecule has 0 spiro atoms. The molecule has 3 heterocycles. The molecular weight excluding hydrogens is 474 g/mol. The van der Waals surface area contributed by atoms with E-state index in [1.165, 1.54) is 0 Å². The summed E-state index contributed by atoms with van der Waals surface area (Å²) in [6.07, 6.45) is 3.98. The molecule has 196 valence electrons. The second kappa shape index (κ2) is 8.98. The van der Waals surface area contributed by atoms with E-state index in [0.29, 0.717) is 28.9 Å². The zero-order valence-electron chi connectivity index (χ0n) is 21.8. The van der Waals surface area contributed by atoms with Crippen molar-refractivity contribution in [2.45, 2.75) is 83.5 Å². The maximum atomic E-state index is 13.2. The summed E-state index contributed by atoms with van der Waals surface area (Å²) in [4.78, 5) is 36.2. The van der Waals surface area contributed by atoms with Crippen LogP contribution in [0.4, 0.5) is 28.1 Å². The fourth-order valence-corrected chi connectivity index (χ4v) is 4.82. The van der Waals surface area contributed by atoms with Crippen LogP contribution < -0.4 is 15.5 Å². The summed E-state index contributed by atoms with van der Waals surface area (Å²) in [5.41, 5.74) is 0.846. The minimum atomic E-state index is -0.868. The molecular formula is C26H33N7O4. The fourth-order valence-electron chi connectivity index (χ4n) is 4.82. The number of ether oxygens (including phenoxy) is 1. The highest BCUT2D eigenvalue weighted by atomic mass is 16.6. The van der Waals surface area contributed by atoms with Gasteiger partial charge < -0.3 is 20.5 Å². The van der Waals surface area contributed by atoms with Crippen molar-refractivity contribution in [3.05, 3.63) is 36.0 Å². The Morgan fingerprint density at radius 3 is 2.59 bits per heavy atom. The lowest BCUT2D eigenvalue weighted by atomic mass is 9.86. The van der Waals surface area contributed by atoms with Crippen molar-refractivity contribution < 1.29 is 19.4 Å². The van der Waals surface area contributed by atoms with Crippen LogP contribution in [0.3, 0.4) is 0 Å². The van der Waals surface area contributed by atoms with E-state index in [0.717, 1.165) is 36.1 Å². The van der Waals surface area contributed by atoms with Crippen LogP contribution in [-0.2, 0) is 14.9 Å². The van der Waals surface area contributed by atoms with Gasteiger partial charge in [-0.15, -0.1) is 5.10 Å². The number of amides is 2. The first kappa shape index (κ1) is 24.9. The predicted octanol–water partition coefficient (Wildman–Crippen LogP) is 4.14. The number of carbonyl (C=O) groups is 2. The lowest BCUT2D eigenvalue weighted by Gasteiger charge is -2.26. The lowest BCUT2D eigenvalue weighted by molar-refractivity contribution is -0.121. The molecule has 0 saturated heterocycles. The number of hydrogen-bond acceptors (Lipinski definition) is 9. The third-order valence-electron chi connectivity index (χ3n) is 6.77. The van der Waals surface area contributed by atoms with Crippen molar-refractivity contribution in [2.24, 2.45) is 0 Å². The van der Waals surface area contributed by atoms with Crippen LogP contribution in [0.25, 0.3) is 5.65 Å². The summed E-state index contributed by atoms with van der Waals surface area (Å²) in [7, 11) is 0. The molecule has 1 fully saturated rings. The molecule has 1 aliphatic heterocycles. The highest BCUT2D eigenvalue weighted by Crippen LogP contribution is 2.43. The number of fused-ring (bicyclic) bond motifs is 2. The summed E-state index contributed by atoms with van der Waals surface area (Å²) < 4.78 is 7.15. The van der Waals surface area contributed by atoms with Gasteiger partial charge in [-0.05, 0) is 78.0 Å². The molecule has 1 saturated carbocycles. The Bertz CT molecular complexity index is 1350. The Morgan fingerprint density at radius 1 is 1.16 bits per heavy atom. The van der Waals surface area contributed by atoms with E-state index in [4.69, 9.17) is 4.74 Å². The number of carbonyl (C=O) groups excluding carboxylic acids is 2. The Balaban J connectivity index is 1.41. The van der Waals surface area contributed by atoms with Crippen molar-refractivity contribution in [1.29, 1.82) is 0 Å². The maximum absolute atomic E-state index is 13.2. The van der Waals surface area contributed by atoms with Gasteiger partial charge in [0.15, 0.2) is 5.65 Å². The van der Waals surface area contributed by atoms with Crippen molar-refractivity contribution in [2.75, 3.05) is 15.5 Å². The first-order valence-electron chi connectivity index (χ1n) is 12.6. The average Bonchev–Trinajstić information content (AvgIpc) is 3.30. The molecule has 2 aromatic heterocycles. The minimum Gasteiger partial charge on any atom is -0.443 e. The van der Waals surface area contributed by atoms with Gasteiger partial charge >= 0.3 is 6.09 Å². The van der Waals surface area contributed by atoms with E-state index in [9.17, 15) is 14.7 Å². The van der Waals surface area contributed by atoms with Crippen molar-refractivity contribution in [3.8, 4) is 0 Å². The summed E-state index contributed by atoms with van der Waals surface area (Å²) in [5.74, 6) is 0.594. The van der Waals surface area contributed by atoms with Crippen LogP contribution in [0.15, 0.2) is 30.5 Å². The number of aliphatic hydroxyl groups is 1. The summed E-state index contributed by atoms with van der Waals surface area (Å²) in [6.45, 7) is 8.88. The molecule has 2 amide bonds. The van der Waals surface area contributed by atoms with Gasteiger partial charge in [0, 0.05) is 24.0 Å². The largest absolute Gasteiger partial charge is 0.443 e. The molecule has 0 bridgehead atoms.